The average Bonchev–Trinajstić information content (AvgIpc) is 3.36. The van der Waals surface area contributed by atoms with Gasteiger partial charge >= 0.3 is 0 Å². The first-order valence-corrected chi connectivity index (χ1v) is 9.49. The van der Waals surface area contributed by atoms with Crippen molar-refractivity contribution in [1.82, 2.24) is 19.7 Å². The predicted molar refractivity (Wildman–Crippen MR) is 115 cm³/mol. The van der Waals surface area contributed by atoms with Crippen LogP contribution in [0, 0.1) is 12.3 Å². The van der Waals surface area contributed by atoms with Gasteiger partial charge in [0.1, 0.15) is 18.2 Å². The lowest BCUT2D eigenvalue weighted by Crippen LogP contribution is -2.32. The van der Waals surface area contributed by atoms with Crippen LogP contribution in [0.4, 0.5) is 5.82 Å². The van der Waals surface area contributed by atoms with Gasteiger partial charge in [0, 0.05) is 36.2 Å². The first-order chi connectivity index (χ1) is 14.5. The molecule has 1 aliphatic rings. The quantitative estimate of drug-likeness (QED) is 0.526. The average molecular weight is 397 g/mol. The van der Waals surface area contributed by atoms with E-state index in [9.17, 15) is 4.79 Å². The van der Waals surface area contributed by atoms with E-state index in [4.69, 9.17) is 16.9 Å². The fourth-order valence-electron chi connectivity index (χ4n) is 4.04. The summed E-state index contributed by atoms with van der Waals surface area (Å²) in [6.07, 6.45) is 7.16. The Morgan fingerprint density at radius 1 is 1.30 bits per heavy atom. The maximum atomic E-state index is 13.3. The maximum Gasteiger partial charge on any atom is 0.254 e. The molecule has 2 N–H and O–H groups in total. The maximum absolute atomic E-state index is 13.3. The van der Waals surface area contributed by atoms with Gasteiger partial charge in [0.2, 0.25) is 0 Å². The molecule has 3 heterocycles. The predicted octanol–water partition coefficient (Wildman–Crippen LogP) is 2.89. The monoisotopic (exact) mass is 397 g/mol. The van der Waals surface area contributed by atoms with Gasteiger partial charge in [-0.25, -0.2) is 4.98 Å². The number of likely N-dealkylation sites (N-methyl/N-ethyl adjacent to an activating group) is 1. The van der Waals surface area contributed by atoms with Crippen molar-refractivity contribution in [2.45, 2.75) is 6.04 Å². The van der Waals surface area contributed by atoms with Crippen molar-refractivity contribution in [2.75, 3.05) is 19.4 Å². The highest BCUT2D eigenvalue weighted by Crippen LogP contribution is 2.37. The van der Waals surface area contributed by atoms with Gasteiger partial charge in [-0.15, -0.1) is 6.42 Å². The Balaban J connectivity index is 1.54. The van der Waals surface area contributed by atoms with Crippen LogP contribution in [0.5, 0.6) is 5.75 Å². The lowest BCUT2D eigenvalue weighted by molar-refractivity contribution is 0.0708. The van der Waals surface area contributed by atoms with Crippen LogP contribution in [0.3, 0.4) is 0 Å². The van der Waals surface area contributed by atoms with Crippen LogP contribution in [0.15, 0.2) is 42.6 Å². The number of hydrogen-bond donors (Lipinski definition) is 1. The highest BCUT2D eigenvalue weighted by atomic mass is 16.5. The topological polar surface area (TPSA) is 86.3 Å². The number of carbonyl (C=O) groups is 1. The first-order valence-electron chi connectivity index (χ1n) is 9.49. The van der Waals surface area contributed by atoms with Crippen LogP contribution in [0.2, 0.25) is 0 Å². The summed E-state index contributed by atoms with van der Waals surface area (Å²) < 4.78 is 7.53. The highest BCUT2D eigenvalue weighted by molar-refractivity contribution is 6.10. The largest absolute Gasteiger partial charge is 0.491 e. The summed E-state index contributed by atoms with van der Waals surface area (Å²) in [5, 5.41) is 5.89. The Kier molecular flexibility index (Phi) is 3.90. The summed E-state index contributed by atoms with van der Waals surface area (Å²) >= 11 is 0. The zero-order valence-electron chi connectivity index (χ0n) is 16.6. The summed E-state index contributed by atoms with van der Waals surface area (Å²) in [6.45, 7) is 0.392. The third-order valence-corrected chi connectivity index (χ3v) is 5.68. The Morgan fingerprint density at radius 2 is 2.13 bits per heavy atom. The van der Waals surface area contributed by atoms with Crippen molar-refractivity contribution in [1.29, 1.82) is 0 Å². The number of hydrogen-bond acceptors (Lipinski definition) is 5. The SMILES string of the molecule is C#Cc1ccc2c(c1)OCC2N(C)C(=O)c1ccc2nc(N)c3cnn(C)c3c2c1. The summed E-state index contributed by atoms with van der Waals surface area (Å²) in [7, 11) is 3.63. The number of carbonyl (C=O) groups excluding carboxylic acids is 1. The fourth-order valence-corrected chi connectivity index (χ4v) is 4.04. The number of ether oxygens (including phenoxy) is 1. The van der Waals surface area contributed by atoms with Crippen molar-refractivity contribution < 1.29 is 9.53 Å². The Labute approximate surface area is 173 Å². The number of amides is 1. The second-order valence-electron chi connectivity index (χ2n) is 7.40. The number of aromatic nitrogens is 3. The van der Waals surface area contributed by atoms with E-state index in [1.807, 2.05) is 37.4 Å². The number of anilines is 1. The molecule has 148 valence electrons. The lowest BCUT2D eigenvalue weighted by Gasteiger charge is -2.24. The number of nitrogen functional groups attached to an aromatic ring is 1. The third kappa shape index (κ3) is 2.58. The second kappa shape index (κ2) is 6.49. The summed E-state index contributed by atoms with van der Waals surface area (Å²) in [5.41, 5.74) is 9.91. The van der Waals surface area contributed by atoms with Crippen molar-refractivity contribution in [2.24, 2.45) is 7.05 Å². The Morgan fingerprint density at radius 3 is 2.93 bits per heavy atom. The van der Waals surface area contributed by atoms with E-state index in [1.54, 1.807) is 28.9 Å². The molecule has 0 saturated carbocycles. The Bertz CT molecular complexity index is 1380. The minimum Gasteiger partial charge on any atom is -0.491 e. The number of nitrogens with two attached hydrogens (primary N) is 1. The molecule has 1 atom stereocenters. The molecule has 0 aliphatic carbocycles. The molecule has 1 unspecified atom stereocenters. The van der Waals surface area contributed by atoms with Crippen molar-refractivity contribution in [3.63, 3.8) is 0 Å². The zero-order valence-corrected chi connectivity index (χ0v) is 16.6. The minimum atomic E-state index is -0.184. The lowest BCUT2D eigenvalue weighted by atomic mass is 10.0. The molecule has 7 nitrogen and oxygen atoms in total. The van der Waals surface area contributed by atoms with Gasteiger partial charge < -0.3 is 15.4 Å². The van der Waals surface area contributed by atoms with Crippen LogP contribution in [0.1, 0.15) is 27.5 Å². The molecule has 0 fully saturated rings. The van der Waals surface area contributed by atoms with Crippen LogP contribution < -0.4 is 10.5 Å². The molecule has 4 aromatic rings. The van der Waals surface area contributed by atoms with E-state index in [0.717, 1.165) is 38.7 Å². The molecule has 1 amide bonds. The number of pyridine rings is 1. The van der Waals surface area contributed by atoms with Gasteiger partial charge in [0.15, 0.2) is 0 Å². The normalized spacial score (nSPS) is 15.0. The van der Waals surface area contributed by atoms with E-state index in [-0.39, 0.29) is 11.9 Å². The van der Waals surface area contributed by atoms with E-state index in [1.165, 1.54) is 0 Å². The standard InChI is InChI=1S/C23H19N5O2/c1-4-13-5-7-15-19(12-30-20(15)9-13)27(2)23(29)14-6-8-18-16(10-14)21-17(22(24)26-18)11-25-28(21)3/h1,5-11,19H,12H2,2-3H3,(H2,24,26). The van der Waals surface area contributed by atoms with E-state index >= 15 is 0 Å². The highest BCUT2D eigenvalue weighted by Gasteiger charge is 2.31. The molecule has 2 aromatic carbocycles. The Hall–Kier alpha value is -4.05. The van der Waals surface area contributed by atoms with Gasteiger partial charge in [0.05, 0.1) is 28.7 Å². The number of aryl methyl sites for hydroxylation is 1. The summed E-state index contributed by atoms with van der Waals surface area (Å²) in [5.74, 6) is 3.65. The van der Waals surface area contributed by atoms with E-state index in [2.05, 4.69) is 16.0 Å². The van der Waals surface area contributed by atoms with Crippen LogP contribution in [0.25, 0.3) is 21.8 Å². The van der Waals surface area contributed by atoms with E-state index in [0.29, 0.717) is 18.0 Å². The second-order valence-corrected chi connectivity index (χ2v) is 7.40. The number of terminal acetylenes is 1. The van der Waals surface area contributed by atoms with Crippen LogP contribution in [-0.4, -0.2) is 39.2 Å². The molecule has 0 saturated heterocycles. The first kappa shape index (κ1) is 18.0. The number of nitrogens with zero attached hydrogens (tertiary/aromatic N) is 4. The third-order valence-electron chi connectivity index (χ3n) is 5.68. The van der Waals surface area contributed by atoms with Crippen LogP contribution in [-0.2, 0) is 7.05 Å². The van der Waals surface area contributed by atoms with Crippen molar-refractivity contribution in [3.8, 4) is 18.1 Å². The molecular weight excluding hydrogens is 378 g/mol. The minimum absolute atomic E-state index is 0.105. The number of benzene rings is 2. The molecule has 5 rings (SSSR count). The molecule has 0 bridgehead atoms. The van der Waals surface area contributed by atoms with Crippen molar-refractivity contribution >= 4 is 33.5 Å². The number of rotatable bonds is 2. The molecule has 2 aromatic heterocycles. The summed E-state index contributed by atoms with van der Waals surface area (Å²) in [6, 6.07) is 10.9. The summed E-state index contributed by atoms with van der Waals surface area (Å²) in [4.78, 5) is 19.5. The van der Waals surface area contributed by atoms with Crippen molar-refractivity contribution in [3.05, 3.63) is 59.3 Å². The molecular formula is C23H19N5O2. The molecule has 0 radical (unpaired) electrons. The molecule has 30 heavy (non-hydrogen) atoms. The van der Waals surface area contributed by atoms with Gasteiger partial charge in [0.25, 0.3) is 5.91 Å². The van der Waals surface area contributed by atoms with Gasteiger partial charge in [-0.05, 0) is 30.3 Å². The van der Waals surface area contributed by atoms with E-state index < -0.39 is 0 Å². The number of fused-ring (bicyclic) bond motifs is 4. The van der Waals surface area contributed by atoms with Gasteiger partial charge in [-0.1, -0.05) is 12.0 Å². The molecule has 7 heteroatoms. The van der Waals surface area contributed by atoms with Crippen LogP contribution >= 0.6 is 0 Å². The molecule has 1 aliphatic heterocycles. The fraction of sp³-hybridized carbons (Fsp3) is 0.174. The van der Waals surface area contributed by atoms with Gasteiger partial charge in [-0.3, -0.25) is 9.48 Å². The zero-order chi connectivity index (χ0) is 21.0. The van der Waals surface area contributed by atoms with Gasteiger partial charge in [-0.2, -0.15) is 5.10 Å². The smallest absolute Gasteiger partial charge is 0.254 e. The molecule has 0 spiro atoms.